The number of rotatable bonds is 9. The van der Waals surface area contributed by atoms with E-state index in [1.807, 2.05) is 30.3 Å². The van der Waals surface area contributed by atoms with E-state index in [1.165, 1.54) is 0 Å². The van der Waals surface area contributed by atoms with Crippen molar-refractivity contribution in [2.75, 3.05) is 20.1 Å². The molecule has 150 valence electrons. The number of carbonyl (C=O) groups is 2. The summed E-state index contributed by atoms with van der Waals surface area (Å²) in [6.07, 6.45) is 1.25. The largest absolute Gasteiger partial charge is 0.357 e. The molecule has 1 heterocycles. The molecule has 0 aliphatic carbocycles. The number of hydrogen-bond donors (Lipinski definition) is 4. The third-order valence-electron chi connectivity index (χ3n) is 4.61. The van der Waals surface area contributed by atoms with Crippen molar-refractivity contribution in [1.82, 2.24) is 16.0 Å². The molecule has 4 atom stereocenters. The number of carbonyl (C=O) groups excluding carboxylic acids is 2. The fourth-order valence-electron chi connectivity index (χ4n) is 3.14. The molecule has 3 N–H and O–H groups in total. The van der Waals surface area contributed by atoms with E-state index in [0.29, 0.717) is 17.6 Å². The van der Waals surface area contributed by atoms with Crippen LogP contribution < -0.4 is 16.0 Å². The van der Waals surface area contributed by atoms with Crippen molar-refractivity contribution in [3.63, 3.8) is 0 Å². The summed E-state index contributed by atoms with van der Waals surface area (Å²) in [6, 6.07) is 9.19. The van der Waals surface area contributed by atoms with Crippen LogP contribution in [0.5, 0.6) is 0 Å². The van der Waals surface area contributed by atoms with Gasteiger partial charge in [-0.1, -0.05) is 44.2 Å². The second kappa shape index (κ2) is 11.0. The zero-order valence-electron chi connectivity index (χ0n) is 16.3. The Balaban J connectivity index is 2.07. The zero-order valence-corrected chi connectivity index (χ0v) is 18.0. The molecule has 0 unspecified atom stereocenters. The first-order chi connectivity index (χ1) is 12.9. The van der Waals surface area contributed by atoms with E-state index >= 15 is 0 Å². The van der Waals surface area contributed by atoms with Gasteiger partial charge in [-0.2, -0.15) is 12.6 Å². The molecular weight excluding hydrogens is 378 g/mol. The Labute approximate surface area is 172 Å². The third kappa shape index (κ3) is 7.05. The number of nitrogens with one attached hydrogen (secondary N) is 3. The van der Waals surface area contributed by atoms with Crippen LogP contribution in [-0.2, 0) is 16.0 Å². The van der Waals surface area contributed by atoms with Gasteiger partial charge in [0.1, 0.15) is 6.04 Å². The predicted molar refractivity (Wildman–Crippen MR) is 116 cm³/mol. The molecule has 1 aliphatic rings. The molecule has 0 saturated carbocycles. The minimum Gasteiger partial charge on any atom is -0.357 e. The highest BCUT2D eigenvalue weighted by atomic mass is 32.2. The van der Waals surface area contributed by atoms with Crippen LogP contribution in [0.2, 0.25) is 0 Å². The van der Waals surface area contributed by atoms with Gasteiger partial charge in [0.15, 0.2) is 0 Å². The average molecular weight is 410 g/mol. The molecule has 27 heavy (non-hydrogen) atoms. The maximum atomic E-state index is 13.0. The Bertz CT molecular complexity index is 613. The molecule has 1 aromatic rings. The number of thiol groups is 1. The Morgan fingerprint density at radius 1 is 1.22 bits per heavy atom. The first-order valence-corrected chi connectivity index (χ1v) is 11.0. The van der Waals surface area contributed by atoms with Gasteiger partial charge in [0, 0.05) is 37.1 Å². The van der Waals surface area contributed by atoms with Crippen LogP contribution in [0.3, 0.4) is 0 Å². The van der Waals surface area contributed by atoms with Crippen LogP contribution >= 0.6 is 24.4 Å². The highest BCUT2D eigenvalue weighted by Crippen LogP contribution is 2.30. The van der Waals surface area contributed by atoms with Crippen LogP contribution in [0.15, 0.2) is 30.3 Å². The summed E-state index contributed by atoms with van der Waals surface area (Å²) < 4.78 is 0. The minimum absolute atomic E-state index is 0.0642. The molecule has 7 heteroatoms. The smallest absolute Gasteiger partial charge is 0.242 e. The van der Waals surface area contributed by atoms with Gasteiger partial charge in [-0.25, -0.2) is 0 Å². The lowest BCUT2D eigenvalue weighted by atomic mass is 10.0. The Morgan fingerprint density at radius 2 is 1.93 bits per heavy atom. The van der Waals surface area contributed by atoms with Gasteiger partial charge in [0.05, 0.1) is 5.25 Å². The number of hydrogen-bond acceptors (Lipinski definition) is 5. The number of likely N-dealkylation sites (N-methyl/N-ethyl adjacent to an activating group) is 1. The van der Waals surface area contributed by atoms with Crippen LogP contribution in [0.4, 0.5) is 0 Å². The second-order valence-electron chi connectivity index (χ2n) is 7.38. The van der Waals surface area contributed by atoms with Crippen molar-refractivity contribution < 1.29 is 9.59 Å². The highest BCUT2D eigenvalue weighted by Gasteiger charge is 2.32. The molecule has 2 amide bonds. The molecule has 0 spiro atoms. The van der Waals surface area contributed by atoms with Gasteiger partial charge in [0.2, 0.25) is 11.8 Å². The first kappa shape index (κ1) is 22.1. The molecule has 1 aromatic carbocycles. The lowest BCUT2D eigenvalue weighted by molar-refractivity contribution is -0.128. The van der Waals surface area contributed by atoms with E-state index in [4.69, 9.17) is 0 Å². The normalized spacial score (nSPS) is 21.7. The fraction of sp³-hybridized carbons (Fsp3) is 0.600. The molecule has 2 rings (SSSR count). The topological polar surface area (TPSA) is 70.2 Å². The maximum absolute atomic E-state index is 13.0. The summed E-state index contributed by atoms with van der Waals surface area (Å²) in [5, 5.41) is 9.35. The van der Waals surface area contributed by atoms with Crippen molar-refractivity contribution in [3.8, 4) is 0 Å². The summed E-state index contributed by atoms with van der Waals surface area (Å²) in [7, 11) is 1.60. The molecule has 1 aliphatic heterocycles. The average Bonchev–Trinajstić information content (AvgIpc) is 3.05. The van der Waals surface area contributed by atoms with Crippen LogP contribution in [0.1, 0.15) is 25.8 Å². The van der Waals surface area contributed by atoms with E-state index in [0.717, 1.165) is 25.1 Å². The predicted octanol–water partition coefficient (Wildman–Crippen LogP) is 1.88. The molecule has 5 nitrogen and oxygen atoms in total. The van der Waals surface area contributed by atoms with Gasteiger partial charge in [0.25, 0.3) is 0 Å². The Kier molecular flexibility index (Phi) is 8.99. The lowest BCUT2D eigenvalue weighted by Crippen LogP contribution is -2.50. The molecule has 1 saturated heterocycles. The first-order valence-electron chi connectivity index (χ1n) is 9.50. The second-order valence-corrected chi connectivity index (χ2v) is 9.49. The molecule has 0 bridgehead atoms. The summed E-state index contributed by atoms with van der Waals surface area (Å²) >= 11 is 6.31. The Morgan fingerprint density at radius 3 is 2.48 bits per heavy atom. The summed E-state index contributed by atoms with van der Waals surface area (Å²) in [6.45, 7) is 5.97. The molecule has 0 aromatic heterocycles. The van der Waals surface area contributed by atoms with Crippen LogP contribution in [-0.4, -0.2) is 53.7 Å². The van der Waals surface area contributed by atoms with Crippen molar-refractivity contribution in [2.45, 2.75) is 48.5 Å². The van der Waals surface area contributed by atoms with Gasteiger partial charge in [-0.05, 0) is 17.9 Å². The van der Waals surface area contributed by atoms with Crippen LogP contribution in [0.25, 0.3) is 0 Å². The third-order valence-corrected chi connectivity index (χ3v) is 6.93. The fourth-order valence-corrected chi connectivity index (χ4v) is 5.19. The van der Waals surface area contributed by atoms with Crippen molar-refractivity contribution in [3.05, 3.63) is 35.9 Å². The van der Waals surface area contributed by atoms with Crippen molar-refractivity contribution >= 4 is 36.2 Å². The summed E-state index contributed by atoms with van der Waals surface area (Å²) in [5.74, 6) is 0.161. The van der Waals surface area contributed by atoms with Crippen molar-refractivity contribution in [1.29, 1.82) is 0 Å². The number of thioether (sulfide) groups is 1. The van der Waals surface area contributed by atoms with Gasteiger partial charge in [-0.3, -0.25) is 9.59 Å². The SMILES string of the molecule is CNC(=O)[C@H](Cc1ccccc1)NC(=O)[C@@H](CC(C)C)S[C@H]1CNC[C@H]1S. The van der Waals surface area contributed by atoms with Crippen molar-refractivity contribution in [2.24, 2.45) is 5.92 Å². The van der Waals surface area contributed by atoms with Gasteiger partial charge >= 0.3 is 0 Å². The van der Waals surface area contributed by atoms with Gasteiger partial charge < -0.3 is 16.0 Å². The zero-order chi connectivity index (χ0) is 19.8. The lowest BCUT2D eigenvalue weighted by Gasteiger charge is -2.25. The summed E-state index contributed by atoms with van der Waals surface area (Å²) in [5.41, 5.74) is 1.02. The molecule has 0 radical (unpaired) electrons. The standard InChI is InChI=1S/C20H31N3O2S2/c1-13(2)9-17(27-18-12-22-11-16(18)26)20(25)23-15(19(24)21-3)10-14-7-5-4-6-8-14/h4-8,13,15-18,22,26H,9-12H2,1-3H3,(H,21,24)(H,23,25)/t15-,16+,17+,18-/m0/s1. The number of benzene rings is 1. The van der Waals surface area contributed by atoms with Gasteiger partial charge in [-0.15, -0.1) is 11.8 Å². The van der Waals surface area contributed by atoms with E-state index in [9.17, 15) is 9.59 Å². The van der Waals surface area contributed by atoms with E-state index < -0.39 is 6.04 Å². The van der Waals surface area contributed by atoms with E-state index in [-0.39, 0.29) is 22.3 Å². The maximum Gasteiger partial charge on any atom is 0.242 e. The van der Waals surface area contributed by atoms with Crippen LogP contribution in [0, 0.1) is 5.92 Å². The van der Waals surface area contributed by atoms with E-state index in [1.54, 1.807) is 18.8 Å². The number of amides is 2. The summed E-state index contributed by atoms with van der Waals surface area (Å²) in [4.78, 5) is 25.4. The minimum atomic E-state index is -0.575. The quantitative estimate of drug-likeness (QED) is 0.470. The Hall–Kier alpha value is -1.18. The van der Waals surface area contributed by atoms with E-state index in [2.05, 4.69) is 42.4 Å². The monoisotopic (exact) mass is 409 g/mol. The molecule has 1 fully saturated rings. The molecular formula is C20H31N3O2S2. The highest BCUT2D eigenvalue weighted by molar-refractivity contribution is 8.02.